The van der Waals surface area contributed by atoms with Crippen LogP contribution in [0.3, 0.4) is 0 Å². The van der Waals surface area contributed by atoms with Crippen LogP contribution in [0.5, 0.6) is 5.75 Å². The summed E-state index contributed by atoms with van der Waals surface area (Å²) in [6.45, 7) is 5.01. The number of carbonyl (C=O) groups is 2. The molecular formula is C28H30Cl2FN3O5S. The lowest BCUT2D eigenvalue weighted by atomic mass is 10.1. The van der Waals surface area contributed by atoms with Gasteiger partial charge in [0.25, 0.3) is 10.0 Å². The summed E-state index contributed by atoms with van der Waals surface area (Å²) in [4.78, 5) is 27.7. The predicted molar refractivity (Wildman–Crippen MR) is 154 cm³/mol. The molecule has 0 heterocycles. The first kappa shape index (κ1) is 31.2. The van der Waals surface area contributed by atoms with Crippen LogP contribution in [0.1, 0.15) is 26.3 Å². The Bertz CT molecular complexity index is 1420. The number of hydrogen-bond acceptors (Lipinski definition) is 5. The third kappa shape index (κ3) is 7.44. The monoisotopic (exact) mass is 609 g/mol. The second-order valence-corrected chi connectivity index (χ2v) is 11.4. The highest BCUT2D eigenvalue weighted by atomic mass is 35.5. The van der Waals surface area contributed by atoms with Crippen LogP contribution in [0.15, 0.2) is 71.6 Å². The molecule has 0 saturated carbocycles. The molecule has 12 heteroatoms. The minimum absolute atomic E-state index is 0.149. The largest absolute Gasteiger partial charge is 0.494 e. The lowest BCUT2D eigenvalue weighted by molar-refractivity contribution is -0.139. The number of sulfonamides is 1. The molecule has 0 bridgehead atoms. The van der Waals surface area contributed by atoms with E-state index in [1.54, 1.807) is 37.3 Å². The Labute approximate surface area is 243 Å². The normalized spacial score (nSPS) is 11.9. The first-order valence-corrected chi connectivity index (χ1v) is 14.7. The average molecular weight is 611 g/mol. The van der Waals surface area contributed by atoms with E-state index < -0.39 is 40.2 Å². The van der Waals surface area contributed by atoms with Crippen molar-refractivity contribution in [2.75, 3.05) is 24.0 Å². The molecule has 0 radical (unpaired) electrons. The third-order valence-electron chi connectivity index (χ3n) is 6.02. The molecule has 3 aromatic carbocycles. The lowest BCUT2D eigenvalue weighted by Gasteiger charge is -2.32. The minimum Gasteiger partial charge on any atom is -0.494 e. The minimum atomic E-state index is -4.34. The summed E-state index contributed by atoms with van der Waals surface area (Å²) in [5, 5.41) is 3.26. The van der Waals surface area contributed by atoms with Crippen LogP contribution in [0.2, 0.25) is 10.0 Å². The standard InChI is InChI=1S/C28H30Cl2FN3O5S/c1-4-32-28(36)19(3)33(17-24-25(29)7-6-8-26(24)30)27(35)18-34(21-11-13-22(14-12-21)39-5-2)40(37,38)23-15-9-20(31)10-16-23/h6-16,19H,4-5,17-18H2,1-3H3,(H,32,36). The van der Waals surface area contributed by atoms with Crippen LogP contribution in [0.25, 0.3) is 0 Å². The van der Waals surface area contributed by atoms with E-state index in [2.05, 4.69) is 5.32 Å². The van der Waals surface area contributed by atoms with Gasteiger partial charge in [-0.1, -0.05) is 29.3 Å². The van der Waals surface area contributed by atoms with Gasteiger partial charge in [0, 0.05) is 28.7 Å². The number of ether oxygens (including phenoxy) is 1. The topological polar surface area (TPSA) is 96.0 Å². The molecule has 2 amide bonds. The van der Waals surface area contributed by atoms with Crippen molar-refractivity contribution in [3.05, 3.63) is 88.2 Å². The third-order valence-corrected chi connectivity index (χ3v) is 8.52. The van der Waals surface area contributed by atoms with Gasteiger partial charge in [0.2, 0.25) is 11.8 Å². The van der Waals surface area contributed by atoms with Gasteiger partial charge in [0.15, 0.2) is 0 Å². The molecule has 0 aliphatic heterocycles. The van der Waals surface area contributed by atoms with E-state index in [-0.39, 0.29) is 27.2 Å². The van der Waals surface area contributed by atoms with Gasteiger partial charge in [-0.15, -0.1) is 0 Å². The molecule has 3 rings (SSSR count). The van der Waals surface area contributed by atoms with E-state index in [0.717, 1.165) is 28.6 Å². The maximum atomic E-state index is 13.9. The van der Waals surface area contributed by atoms with E-state index in [9.17, 15) is 22.4 Å². The van der Waals surface area contributed by atoms with Crippen LogP contribution in [0, 0.1) is 5.82 Å². The molecule has 40 heavy (non-hydrogen) atoms. The highest BCUT2D eigenvalue weighted by Gasteiger charge is 2.33. The average Bonchev–Trinajstić information content (AvgIpc) is 2.92. The summed E-state index contributed by atoms with van der Waals surface area (Å²) in [5.41, 5.74) is 0.576. The first-order chi connectivity index (χ1) is 19.0. The molecule has 214 valence electrons. The molecule has 0 fully saturated rings. The molecule has 1 N–H and O–H groups in total. The number of halogens is 3. The summed E-state index contributed by atoms with van der Waals surface area (Å²) in [7, 11) is -4.34. The SMILES string of the molecule is CCNC(=O)C(C)N(Cc1c(Cl)cccc1Cl)C(=O)CN(c1ccc(OCC)cc1)S(=O)(=O)c1ccc(F)cc1. The molecule has 1 unspecified atom stereocenters. The van der Waals surface area contributed by atoms with Gasteiger partial charge >= 0.3 is 0 Å². The fourth-order valence-electron chi connectivity index (χ4n) is 3.90. The molecule has 0 aromatic heterocycles. The van der Waals surface area contributed by atoms with E-state index in [4.69, 9.17) is 27.9 Å². The van der Waals surface area contributed by atoms with Crippen LogP contribution in [0.4, 0.5) is 10.1 Å². The molecule has 3 aromatic rings. The van der Waals surface area contributed by atoms with Crippen molar-refractivity contribution in [3.63, 3.8) is 0 Å². The van der Waals surface area contributed by atoms with Crippen molar-refractivity contribution >= 4 is 50.7 Å². The smallest absolute Gasteiger partial charge is 0.264 e. The Balaban J connectivity index is 2.06. The van der Waals surface area contributed by atoms with Crippen LogP contribution >= 0.6 is 23.2 Å². The zero-order valence-corrected chi connectivity index (χ0v) is 24.6. The summed E-state index contributed by atoms with van der Waals surface area (Å²) >= 11 is 12.7. The number of carbonyl (C=O) groups excluding carboxylic acids is 2. The van der Waals surface area contributed by atoms with Gasteiger partial charge < -0.3 is 15.0 Å². The zero-order valence-electron chi connectivity index (χ0n) is 22.2. The second kappa shape index (κ2) is 13.8. The summed E-state index contributed by atoms with van der Waals surface area (Å²) in [5.74, 6) is -1.22. The number of rotatable bonds is 12. The van der Waals surface area contributed by atoms with Gasteiger partial charge in [-0.3, -0.25) is 13.9 Å². The van der Waals surface area contributed by atoms with Gasteiger partial charge in [-0.2, -0.15) is 0 Å². The van der Waals surface area contributed by atoms with Crippen molar-refractivity contribution in [3.8, 4) is 5.75 Å². The van der Waals surface area contributed by atoms with E-state index >= 15 is 0 Å². The number of nitrogens with zero attached hydrogens (tertiary/aromatic N) is 2. The van der Waals surface area contributed by atoms with E-state index in [1.165, 1.54) is 24.0 Å². The Morgan fingerprint density at radius 2 is 1.57 bits per heavy atom. The quantitative estimate of drug-likeness (QED) is 0.301. The number of likely N-dealkylation sites (N-methyl/N-ethyl adjacent to an activating group) is 1. The van der Waals surface area contributed by atoms with Crippen molar-refractivity contribution in [2.24, 2.45) is 0 Å². The fourth-order valence-corrected chi connectivity index (χ4v) is 5.83. The molecular weight excluding hydrogens is 580 g/mol. The highest BCUT2D eigenvalue weighted by molar-refractivity contribution is 7.92. The molecule has 0 spiro atoms. The van der Waals surface area contributed by atoms with Crippen molar-refractivity contribution in [2.45, 2.75) is 38.3 Å². The van der Waals surface area contributed by atoms with Crippen molar-refractivity contribution in [1.82, 2.24) is 10.2 Å². The Kier molecular flexibility index (Phi) is 10.8. The Morgan fingerprint density at radius 1 is 0.975 bits per heavy atom. The van der Waals surface area contributed by atoms with Gasteiger partial charge in [-0.25, -0.2) is 12.8 Å². The Morgan fingerprint density at radius 3 is 2.12 bits per heavy atom. The van der Waals surface area contributed by atoms with Crippen LogP contribution in [-0.2, 0) is 26.2 Å². The van der Waals surface area contributed by atoms with E-state index in [1.807, 2.05) is 6.92 Å². The first-order valence-electron chi connectivity index (χ1n) is 12.5. The van der Waals surface area contributed by atoms with Crippen LogP contribution < -0.4 is 14.4 Å². The maximum Gasteiger partial charge on any atom is 0.264 e. The Hall–Kier alpha value is -3.34. The summed E-state index contributed by atoms with van der Waals surface area (Å²) in [6, 6.07) is 14.3. The van der Waals surface area contributed by atoms with Crippen LogP contribution in [-0.4, -0.2) is 50.9 Å². The zero-order chi connectivity index (χ0) is 29.4. The van der Waals surface area contributed by atoms with Gasteiger partial charge in [0.1, 0.15) is 24.2 Å². The highest BCUT2D eigenvalue weighted by Crippen LogP contribution is 2.29. The maximum absolute atomic E-state index is 13.9. The predicted octanol–water partition coefficient (Wildman–Crippen LogP) is 5.28. The molecule has 8 nitrogen and oxygen atoms in total. The summed E-state index contributed by atoms with van der Waals surface area (Å²) < 4.78 is 47.5. The summed E-state index contributed by atoms with van der Waals surface area (Å²) in [6.07, 6.45) is 0. The number of anilines is 1. The lowest BCUT2D eigenvalue weighted by Crippen LogP contribution is -2.51. The van der Waals surface area contributed by atoms with Crippen molar-refractivity contribution < 1.29 is 27.1 Å². The number of hydrogen-bond donors (Lipinski definition) is 1. The number of benzene rings is 3. The molecule has 1 atom stereocenters. The van der Waals surface area contributed by atoms with Crippen molar-refractivity contribution in [1.29, 1.82) is 0 Å². The van der Waals surface area contributed by atoms with E-state index in [0.29, 0.717) is 24.5 Å². The molecule has 0 aliphatic carbocycles. The number of amides is 2. The number of nitrogens with one attached hydrogen (secondary N) is 1. The molecule has 0 saturated heterocycles. The van der Waals surface area contributed by atoms with Gasteiger partial charge in [-0.05, 0) is 81.4 Å². The van der Waals surface area contributed by atoms with Gasteiger partial charge in [0.05, 0.1) is 17.2 Å². The molecule has 0 aliphatic rings. The fraction of sp³-hybridized carbons (Fsp3) is 0.286. The second-order valence-electron chi connectivity index (χ2n) is 8.68.